The zero-order valence-corrected chi connectivity index (χ0v) is 11.5. The highest BCUT2D eigenvalue weighted by Gasteiger charge is 2.14. The highest BCUT2D eigenvalue weighted by molar-refractivity contribution is 5.93. The van der Waals surface area contributed by atoms with Gasteiger partial charge in [0.2, 0.25) is 0 Å². The number of benzene rings is 1. The number of rotatable bonds is 3. The van der Waals surface area contributed by atoms with Gasteiger partial charge in [-0.2, -0.15) is 0 Å². The number of methoxy groups -OCH3 is 2. The molecule has 104 valence electrons. The number of carbonyl (C=O) groups excluding carboxylic acids is 1. The number of nitrogens with two attached hydrogens (primary N) is 1. The van der Waals surface area contributed by atoms with E-state index in [-0.39, 0.29) is 11.4 Å². The summed E-state index contributed by atoms with van der Waals surface area (Å²) in [4.78, 5) is 19.7. The first-order chi connectivity index (χ1) is 9.56. The van der Waals surface area contributed by atoms with Gasteiger partial charge in [0.05, 0.1) is 14.2 Å². The third-order valence-corrected chi connectivity index (χ3v) is 2.88. The van der Waals surface area contributed by atoms with Crippen LogP contribution in [0.15, 0.2) is 24.4 Å². The fraction of sp³-hybridized carbons (Fsp3) is 0.214. The highest BCUT2D eigenvalue weighted by Crippen LogP contribution is 2.24. The first kappa shape index (κ1) is 13.8. The predicted molar refractivity (Wildman–Crippen MR) is 74.5 cm³/mol. The van der Waals surface area contributed by atoms with Crippen LogP contribution in [0, 0.1) is 6.92 Å². The summed E-state index contributed by atoms with van der Waals surface area (Å²) in [5.74, 6) is 0.768. The number of ether oxygens (including phenoxy) is 2. The van der Waals surface area contributed by atoms with E-state index in [0.717, 1.165) is 16.9 Å². The number of aryl methyl sites for hydroxylation is 1. The van der Waals surface area contributed by atoms with E-state index in [4.69, 9.17) is 10.5 Å². The van der Waals surface area contributed by atoms with Gasteiger partial charge in [0, 0.05) is 11.8 Å². The van der Waals surface area contributed by atoms with Crippen LogP contribution in [0.25, 0.3) is 11.4 Å². The predicted octanol–water partition coefficient (Wildman–Crippen LogP) is 1.83. The van der Waals surface area contributed by atoms with Gasteiger partial charge in [-0.3, -0.25) is 0 Å². The lowest BCUT2D eigenvalue weighted by atomic mass is 10.1. The zero-order chi connectivity index (χ0) is 14.7. The maximum atomic E-state index is 11.4. The second kappa shape index (κ2) is 5.56. The lowest BCUT2D eigenvalue weighted by molar-refractivity contribution is 0.0601. The smallest absolute Gasteiger partial charge is 0.343 e. The van der Waals surface area contributed by atoms with E-state index in [2.05, 4.69) is 14.7 Å². The Morgan fingerprint density at radius 2 is 2.05 bits per heavy atom. The lowest BCUT2D eigenvalue weighted by Gasteiger charge is -2.08. The number of anilines is 1. The minimum atomic E-state index is -0.556. The molecular formula is C14H15N3O3. The van der Waals surface area contributed by atoms with Gasteiger partial charge in [-0.15, -0.1) is 0 Å². The molecule has 2 aromatic rings. The molecule has 0 spiro atoms. The van der Waals surface area contributed by atoms with E-state index in [9.17, 15) is 4.79 Å². The maximum Gasteiger partial charge on any atom is 0.343 e. The van der Waals surface area contributed by atoms with E-state index in [1.807, 2.05) is 25.1 Å². The molecule has 0 saturated carbocycles. The average molecular weight is 273 g/mol. The van der Waals surface area contributed by atoms with Crippen LogP contribution in [0.3, 0.4) is 0 Å². The van der Waals surface area contributed by atoms with Crippen LogP contribution in [0.4, 0.5) is 5.82 Å². The van der Waals surface area contributed by atoms with Crippen molar-refractivity contribution in [2.24, 2.45) is 0 Å². The fourth-order valence-electron chi connectivity index (χ4n) is 1.82. The summed E-state index contributed by atoms with van der Waals surface area (Å²) >= 11 is 0. The molecule has 0 aliphatic rings. The maximum absolute atomic E-state index is 11.4. The standard InChI is InChI=1S/C14H15N3O3/c1-8-6-9(4-5-11(8)19-2)13-16-7-10(12(15)17-13)14(18)20-3/h4-7H,1-3H3,(H2,15,16,17). The third kappa shape index (κ3) is 2.54. The summed E-state index contributed by atoms with van der Waals surface area (Å²) in [7, 11) is 2.89. The van der Waals surface area contributed by atoms with E-state index < -0.39 is 5.97 Å². The first-order valence-electron chi connectivity index (χ1n) is 5.92. The monoisotopic (exact) mass is 273 g/mol. The molecule has 0 atom stereocenters. The minimum Gasteiger partial charge on any atom is -0.496 e. The van der Waals surface area contributed by atoms with E-state index in [1.54, 1.807) is 7.11 Å². The molecule has 0 fully saturated rings. The summed E-state index contributed by atoms with van der Waals surface area (Å²) in [6.07, 6.45) is 1.36. The molecule has 0 unspecified atom stereocenters. The largest absolute Gasteiger partial charge is 0.496 e. The summed E-state index contributed by atoms with van der Waals surface area (Å²) < 4.78 is 9.79. The molecule has 6 heteroatoms. The SMILES string of the molecule is COC(=O)c1cnc(-c2ccc(OC)c(C)c2)nc1N. The van der Waals surface area contributed by atoms with Crippen molar-refractivity contribution in [1.82, 2.24) is 9.97 Å². The van der Waals surface area contributed by atoms with Crippen molar-refractivity contribution in [3.8, 4) is 17.1 Å². The Morgan fingerprint density at radius 3 is 2.60 bits per heavy atom. The van der Waals surface area contributed by atoms with Crippen LogP contribution in [-0.4, -0.2) is 30.2 Å². The molecular weight excluding hydrogens is 258 g/mol. The van der Waals surface area contributed by atoms with Crippen molar-refractivity contribution in [2.75, 3.05) is 20.0 Å². The number of hydrogen-bond donors (Lipinski definition) is 1. The molecule has 1 aromatic carbocycles. The number of hydrogen-bond acceptors (Lipinski definition) is 6. The van der Waals surface area contributed by atoms with Crippen LogP contribution in [0.2, 0.25) is 0 Å². The molecule has 1 heterocycles. The number of nitrogens with zero attached hydrogens (tertiary/aromatic N) is 2. The molecule has 0 saturated heterocycles. The summed E-state index contributed by atoms with van der Waals surface area (Å²) in [6, 6.07) is 5.56. The van der Waals surface area contributed by atoms with Gasteiger partial charge in [-0.25, -0.2) is 14.8 Å². The summed E-state index contributed by atoms with van der Waals surface area (Å²) in [5.41, 5.74) is 7.67. The van der Waals surface area contributed by atoms with Crippen molar-refractivity contribution in [1.29, 1.82) is 0 Å². The third-order valence-electron chi connectivity index (χ3n) is 2.88. The number of carbonyl (C=O) groups is 1. The van der Waals surface area contributed by atoms with Gasteiger partial charge >= 0.3 is 5.97 Å². The molecule has 0 amide bonds. The molecule has 0 aliphatic carbocycles. The number of aromatic nitrogens is 2. The topological polar surface area (TPSA) is 87.3 Å². The molecule has 2 rings (SSSR count). The van der Waals surface area contributed by atoms with Gasteiger partial charge in [-0.1, -0.05) is 0 Å². The van der Waals surface area contributed by atoms with E-state index in [1.165, 1.54) is 13.3 Å². The van der Waals surface area contributed by atoms with Crippen molar-refractivity contribution in [2.45, 2.75) is 6.92 Å². The number of nitrogen functional groups attached to an aromatic ring is 1. The average Bonchev–Trinajstić information content (AvgIpc) is 2.46. The van der Waals surface area contributed by atoms with Crippen LogP contribution < -0.4 is 10.5 Å². The highest BCUT2D eigenvalue weighted by atomic mass is 16.5. The molecule has 20 heavy (non-hydrogen) atoms. The second-order valence-electron chi connectivity index (χ2n) is 4.17. The van der Waals surface area contributed by atoms with Crippen LogP contribution in [-0.2, 0) is 4.74 Å². The lowest BCUT2D eigenvalue weighted by Crippen LogP contribution is -2.09. The quantitative estimate of drug-likeness (QED) is 0.858. The van der Waals surface area contributed by atoms with Gasteiger partial charge in [0.15, 0.2) is 5.82 Å². The molecule has 0 aliphatic heterocycles. The molecule has 6 nitrogen and oxygen atoms in total. The van der Waals surface area contributed by atoms with Gasteiger partial charge in [0.25, 0.3) is 0 Å². The van der Waals surface area contributed by atoms with Crippen molar-refractivity contribution < 1.29 is 14.3 Å². The van der Waals surface area contributed by atoms with Crippen LogP contribution in [0.1, 0.15) is 15.9 Å². The normalized spacial score (nSPS) is 10.2. The van der Waals surface area contributed by atoms with E-state index in [0.29, 0.717) is 5.82 Å². The molecule has 1 aromatic heterocycles. The van der Waals surface area contributed by atoms with Crippen molar-refractivity contribution in [3.63, 3.8) is 0 Å². The Balaban J connectivity index is 2.41. The molecule has 0 radical (unpaired) electrons. The zero-order valence-electron chi connectivity index (χ0n) is 11.5. The Hall–Kier alpha value is -2.63. The first-order valence-corrected chi connectivity index (χ1v) is 5.92. The van der Waals surface area contributed by atoms with Gasteiger partial charge < -0.3 is 15.2 Å². The molecule has 2 N–H and O–H groups in total. The van der Waals surface area contributed by atoms with Crippen molar-refractivity contribution in [3.05, 3.63) is 35.5 Å². The second-order valence-corrected chi connectivity index (χ2v) is 4.17. The Bertz CT molecular complexity index is 656. The Kier molecular flexibility index (Phi) is 3.84. The van der Waals surface area contributed by atoms with Crippen LogP contribution in [0.5, 0.6) is 5.75 Å². The van der Waals surface area contributed by atoms with Crippen LogP contribution >= 0.6 is 0 Å². The van der Waals surface area contributed by atoms with E-state index >= 15 is 0 Å². The summed E-state index contributed by atoms with van der Waals surface area (Å²) in [5, 5.41) is 0. The fourth-order valence-corrected chi connectivity index (χ4v) is 1.82. The Morgan fingerprint density at radius 1 is 1.30 bits per heavy atom. The minimum absolute atomic E-state index is 0.0929. The van der Waals surface area contributed by atoms with Gasteiger partial charge in [0.1, 0.15) is 17.1 Å². The number of esters is 1. The Labute approximate surface area is 116 Å². The van der Waals surface area contributed by atoms with Gasteiger partial charge in [-0.05, 0) is 30.7 Å². The summed E-state index contributed by atoms with van der Waals surface area (Å²) in [6.45, 7) is 1.93. The van der Waals surface area contributed by atoms with Crippen molar-refractivity contribution >= 4 is 11.8 Å². The molecule has 0 bridgehead atoms.